The minimum absolute atomic E-state index is 0.137. The lowest BCUT2D eigenvalue weighted by molar-refractivity contribution is -0.143. The van der Waals surface area contributed by atoms with Gasteiger partial charge < -0.3 is 15.2 Å². The first kappa shape index (κ1) is 18.0. The zero-order valence-corrected chi connectivity index (χ0v) is 13.9. The number of halogens is 1. The van der Waals surface area contributed by atoms with Crippen LogP contribution in [0.15, 0.2) is 18.2 Å². The van der Waals surface area contributed by atoms with Crippen LogP contribution < -0.4 is 5.73 Å². The molecule has 5 heteroatoms. The average molecular weight is 314 g/mol. The Kier molecular flexibility index (Phi) is 6.65. The largest absolute Gasteiger partial charge is 0.466 e. The van der Waals surface area contributed by atoms with Gasteiger partial charge in [-0.2, -0.15) is 0 Å². The van der Waals surface area contributed by atoms with E-state index in [0.29, 0.717) is 18.2 Å². The van der Waals surface area contributed by atoms with Gasteiger partial charge in [-0.05, 0) is 30.2 Å². The third kappa shape index (κ3) is 5.30. The zero-order valence-electron chi connectivity index (χ0n) is 13.1. The first-order valence-corrected chi connectivity index (χ1v) is 7.39. The van der Waals surface area contributed by atoms with Crippen LogP contribution in [0, 0.1) is 0 Å². The summed E-state index contributed by atoms with van der Waals surface area (Å²) < 4.78 is 10.2. The minimum Gasteiger partial charge on any atom is -0.466 e. The van der Waals surface area contributed by atoms with E-state index in [1.165, 1.54) is 0 Å². The van der Waals surface area contributed by atoms with Crippen molar-refractivity contribution in [2.45, 2.75) is 38.6 Å². The van der Waals surface area contributed by atoms with Crippen molar-refractivity contribution in [3.63, 3.8) is 0 Å². The molecule has 0 bridgehead atoms. The van der Waals surface area contributed by atoms with Gasteiger partial charge in [0.25, 0.3) is 0 Å². The van der Waals surface area contributed by atoms with Crippen LogP contribution in [0.4, 0.5) is 0 Å². The van der Waals surface area contributed by atoms with E-state index >= 15 is 0 Å². The van der Waals surface area contributed by atoms with Crippen LogP contribution in [0.1, 0.15) is 44.4 Å². The summed E-state index contributed by atoms with van der Waals surface area (Å²) in [5.41, 5.74) is 7.77. The molecule has 0 saturated heterocycles. The van der Waals surface area contributed by atoms with Gasteiger partial charge in [-0.15, -0.1) is 0 Å². The second-order valence-electron chi connectivity index (χ2n) is 5.71. The Morgan fingerprint density at radius 2 is 2.05 bits per heavy atom. The Morgan fingerprint density at radius 1 is 1.38 bits per heavy atom. The van der Waals surface area contributed by atoms with Gasteiger partial charge in [-0.25, -0.2) is 0 Å². The smallest absolute Gasteiger partial charge is 0.307 e. The summed E-state index contributed by atoms with van der Waals surface area (Å²) in [5, 5.41) is 0.603. The third-order valence-corrected chi connectivity index (χ3v) is 3.55. The highest BCUT2D eigenvalue weighted by Gasteiger charge is 2.23. The molecule has 0 aromatic heterocycles. The Balaban J connectivity index is 2.98. The molecule has 1 aromatic rings. The van der Waals surface area contributed by atoms with E-state index < -0.39 is 6.04 Å². The molecule has 0 aliphatic heterocycles. The van der Waals surface area contributed by atoms with Gasteiger partial charge >= 0.3 is 5.97 Å². The molecular formula is C16H24ClNO3. The summed E-state index contributed by atoms with van der Waals surface area (Å²) in [4.78, 5) is 11.5. The highest BCUT2D eigenvalue weighted by molar-refractivity contribution is 6.30. The van der Waals surface area contributed by atoms with Crippen LogP contribution >= 0.6 is 11.6 Å². The van der Waals surface area contributed by atoms with Crippen molar-refractivity contribution in [3.8, 4) is 0 Å². The molecule has 1 unspecified atom stereocenters. The number of methoxy groups -OCH3 is 1. The van der Waals surface area contributed by atoms with Gasteiger partial charge in [0.1, 0.15) is 0 Å². The fourth-order valence-corrected chi connectivity index (χ4v) is 2.42. The van der Waals surface area contributed by atoms with E-state index in [4.69, 9.17) is 26.8 Å². The molecule has 4 nitrogen and oxygen atoms in total. The van der Waals surface area contributed by atoms with Gasteiger partial charge in [-0.3, -0.25) is 4.79 Å². The van der Waals surface area contributed by atoms with Gasteiger partial charge in [0.2, 0.25) is 0 Å². The number of carbonyl (C=O) groups is 1. The van der Waals surface area contributed by atoms with E-state index in [2.05, 4.69) is 13.8 Å². The van der Waals surface area contributed by atoms with E-state index in [0.717, 1.165) is 11.1 Å². The Bertz CT molecular complexity index is 488. The molecule has 0 heterocycles. The highest BCUT2D eigenvalue weighted by Crippen LogP contribution is 2.30. The summed E-state index contributed by atoms with van der Waals surface area (Å²) >= 11 is 6.19. The maximum Gasteiger partial charge on any atom is 0.307 e. The molecule has 2 N–H and O–H groups in total. The van der Waals surface area contributed by atoms with Crippen molar-refractivity contribution >= 4 is 17.6 Å². The summed E-state index contributed by atoms with van der Waals surface area (Å²) in [6.07, 6.45) is 0.137. The maximum absolute atomic E-state index is 11.5. The second-order valence-corrected chi connectivity index (χ2v) is 6.14. The number of ether oxygens (including phenoxy) is 2. The van der Waals surface area contributed by atoms with Gasteiger partial charge in [-0.1, -0.05) is 31.5 Å². The van der Waals surface area contributed by atoms with Crippen molar-refractivity contribution in [1.82, 2.24) is 0 Å². The molecule has 0 fully saturated rings. The molecule has 118 valence electrons. The van der Waals surface area contributed by atoms with Crippen molar-refractivity contribution in [2.24, 2.45) is 5.73 Å². The maximum atomic E-state index is 11.5. The summed E-state index contributed by atoms with van der Waals surface area (Å²) in [6.45, 7) is 6.84. The molecule has 0 saturated carbocycles. The Hall–Kier alpha value is -1.10. The van der Waals surface area contributed by atoms with Crippen LogP contribution in [0.3, 0.4) is 0 Å². The fourth-order valence-electron chi connectivity index (χ4n) is 2.18. The standard InChI is InChI=1S/C16H24ClNO3/c1-5-21-15(19)9-14(18)11-6-12(8-13(17)7-11)16(2,3)10-20-4/h6-8,14H,5,9-10,18H2,1-4H3. The van der Waals surface area contributed by atoms with Crippen molar-refractivity contribution < 1.29 is 14.3 Å². The van der Waals surface area contributed by atoms with Crippen molar-refractivity contribution in [2.75, 3.05) is 20.3 Å². The molecule has 1 aromatic carbocycles. The number of hydrogen-bond acceptors (Lipinski definition) is 4. The second kappa shape index (κ2) is 7.78. The lowest BCUT2D eigenvalue weighted by Crippen LogP contribution is -2.24. The minimum atomic E-state index is -0.431. The van der Waals surface area contributed by atoms with Crippen molar-refractivity contribution in [3.05, 3.63) is 34.3 Å². The van der Waals surface area contributed by atoms with Crippen LogP contribution in [0.25, 0.3) is 0 Å². The Morgan fingerprint density at radius 3 is 2.62 bits per heavy atom. The topological polar surface area (TPSA) is 61.5 Å². The van der Waals surface area contributed by atoms with Gasteiger partial charge in [0.15, 0.2) is 0 Å². The SMILES string of the molecule is CCOC(=O)CC(N)c1cc(Cl)cc(C(C)(C)COC)c1. The van der Waals surface area contributed by atoms with Crippen LogP contribution in [0.5, 0.6) is 0 Å². The molecule has 0 aliphatic carbocycles. The van der Waals surface area contributed by atoms with Crippen molar-refractivity contribution in [1.29, 1.82) is 0 Å². The highest BCUT2D eigenvalue weighted by atomic mass is 35.5. The van der Waals surface area contributed by atoms with Gasteiger partial charge in [0, 0.05) is 23.6 Å². The summed E-state index contributed by atoms with van der Waals surface area (Å²) in [5.74, 6) is -0.303. The predicted molar refractivity (Wildman–Crippen MR) is 84.5 cm³/mol. The fraction of sp³-hybridized carbons (Fsp3) is 0.562. The number of hydrogen-bond donors (Lipinski definition) is 1. The molecule has 21 heavy (non-hydrogen) atoms. The Labute approximate surface area is 131 Å². The first-order chi connectivity index (χ1) is 9.80. The number of carbonyl (C=O) groups excluding carboxylic acids is 1. The number of rotatable bonds is 7. The molecule has 0 radical (unpaired) electrons. The molecule has 0 aliphatic rings. The zero-order chi connectivity index (χ0) is 16.0. The first-order valence-electron chi connectivity index (χ1n) is 7.01. The average Bonchev–Trinajstić information content (AvgIpc) is 2.38. The third-order valence-electron chi connectivity index (χ3n) is 3.33. The quantitative estimate of drug-likeness (QED) is 0.785. The van der Waals surface area contributed by atoms with Crippen LogP contribution in [-0.4, -0.2) is 26.3 Å². The summed E-state index contributed by atoms with van der Waals surface area (Å²) in [7, 11) is 1.67. The molecule has 0 amide bonds. The predicted octanol–water partition coefficient (Wildman–Crippen LogP) is 3.22. The normalized spacial score (nSPS) is 13.0. The van der Waals surface area contributed by atoms with E-state index in [1.807, 2.05) is 12.1 Å². The molecule has 1 atom stereocenters. The van der Waals surface area contributed by atoms with Crippen LogP contribution in [0.2, 0.25) is 5.02 Å². The number of benzene rings is 1. The molecule has 1 rings (SSSR count). The number of esters is 1. The molecular weight excluding hydrogens is 290 g/mol. The van der Waals surface area contributed by atoms with E-state index in [9.17, 15) is 4.79 Å². The van der Waals surface area contributed by atoms with E-state index in [-0.39, 0.29) is 17.8 Å². The lowest BCUT2D eigenvalue weighted by atomic mass is 9.84. The van der Waals surface area contributed by atoms with Crippen LogP contribution in [-0.2, 0) is 19.7 Å². The lowest BCUT2D eigenvalue weighted by Gasteiger charge is -2.26. The monoisotopic (exact) mass is 313 g/mol. The number of nitrogens with two attached hydrogens (primary N) is 1. The molecule has 0 spiro atoms. The van der Waals surface area contributed by atoms with E-state index in [1.54, 1.807) is 20.1 Å². The summed E-state index contributed by atoms with van der Waals surface area (Å²) in [6, 6.07) is 5.24. The van der Waals surface area contributed by atoms with Gasteiger partial charge in [0.05, 0.1) is 19.6 Å².